The van der Waals surface area contributed by atoms with Gasteiger partial charge in [-0.3, -0.25) is 4.79 Å². The maximum atomic E-state index is 12.6. The Labute approximate surface area is 197 Å². The Kier molecular flexibility index (Phi) is 6.87. The fraction of sp³-hybridized carbons (Fsp3) is 0.367. The van der Waals surface area contributed by atoms with Crippen molar-refractivity contribution in [1.29, 1.82) is 0 Å². The summed E-state index contributed by atoms with van der Waals surface area (Å²) in [6.45, 7) is 1.89. The number of nitrogens with one attached hydrogen (secondary N) is 2. The van der Waals surface area contributed by atoms with Crippen LogP contribution >= 0.6 is 0 Å². The Hall–Kier alpha value is -2.91. The average molecular weight is 439 g/mol. The first kappa shape index (κ1) is 21.9. The number of carbonyl (C=O) groups is 1. The van der Waals surface area contributed by atoms with Crippen molar-refractivity contribution < 1.29 is 4.79 Å². The molecule has 3 atom stereocenters. The van der Waals surface area contributed by atoms with Gasteiger partial charge < -0.3 is 10.6 Å². The van der Waals surface area contributed by atoms with Crippen LogP contribution in [0.5, 0.6) is 0 Å². The van der Waals surface area contributed by atoms with Gasteiger partial charge in [0.2, 0.25) is 0 Å². The largest absolute Gasteiger partial charge is 0.352 e. The van der Waals surface area contributed by atoms with Crippen LogP contribution in [0, 0.1) is 5.92 Å². The molecule has 1 saturated heterocycles. The minimum Gasteiger partial charge on any atom is -0.352 e. The third-order valence-corrected chi connectivity index (χ3v) is 7.54. The first-order valence-corrected chi connectivity index (χ1v) is 12.5. The van der Waals surface area contributed by atoms with E-state index in [1.165, 1.54) is 37.7 Å². The van der Waals surface area contributed by atoms with Crippen LogP contribution in [0.4, 0.5) is 0 Å². The van der Waals surface area contributed by atoms with Gasteiger partial charge in [0.25, 0.3) is 5.91 Å². The molecule has 170 valence electrons. The predicted octanol–water partition coefficient (Wildman–Crippen LogP) is 5.96. The fourth-order valence-corrected chi connectivity index (χ4v) is 5.84. The summed E-state index contributed by atoms with van der Waals surface area (Å²) in [5.41, 5.74) is 6.17. The lowest BCUT2D eigenvalue weighted by Gasteiger charge is -2.43. The summed E-state index contributed by atoms with van der Waals surface area (Å²) < 4.78 is 0. The standard InChI is InChI=1S/C30H34N2O/c33-30(26-15-13-23(14-16-26)22-8-2-1-3-9-22)32-20-7-6-11-25-19-21-31-28-18-17-24-10-4-5-12-27(24)29(25)28/h1-5,8-10,12-16,25,28-29,31H,6-7,11,17-21H2,(H,32,33). The Morgan fingerprint density at radius 1 is 0.848 bits per heavy atom. The number of rotatable bonds is 7. The summed E-state index contributed by atoms with van der Waals surface area (Å²) in [4.78, 5) is 12.6. The number of carbonyl (C=O) groups excluding carboxylic acids is 1. The second kappa shape index (κ2) is 10.4. The monoisotopic (exact) mass is 438 g/mol. The van der Waals surface area contributed by atoms with Crippen molar-refractivity contribution >= 4 is 5.91 Å². The molecule has 1 fully saturated rings. The zero-order chi connectivity index (χ0) is 22.5. The Morgan fingerprint density at radius 3 is 2.45 bits per heavy atom. The molecule has 1 amide bonds. The maximum absolute atomic E-state index is 12.6. The highest BCUT2D eigenvalue weighted by Gasteiger charge is 2.37. The molecule has 0 saturated carbocycles. The van der Waals surface area contributed by atoms with Gasteiger partial charge in [-0.1, -0.05) is 73.2 Å². The molecule has 33 heavy (non-hydrogen) atoms. The molecule has 0 radical (unpaired) electrons. The van der Waals surface area contributed by atoms with Gasteiger partial charge in [-0.05, 0) is 79.0 Å². The van der Waals surface area contributed by atoms with Crippen molar-refractivity contribution in [1.82, 2.24) is 10.6 Å². The molecule has 1 aliphatic carbocycles. The van der Waals surface area contributed by atoms with Gasteiger partial charge in [0.15, 0.2) is 0 Å². The lowest BCUT2D eigenvalue weighted by atomic mass is 9.68. The molecule has 0 aromatic heterocycles. The number of aryl methyl sites for hydroxylation is 1. The quantitative estimate of drug-likeness (QED) is 0.447. The molecule has 2 aliphatic rings. The Morgan fingerprint density at radius 2 is 1.61 bits per heavy atom. The topological polar surface area (TPSA) is 41.1 Å². The van der Waals surface area contributed by atoms with Gasteiger partial charge in [-0.2, -0.15) is 0 Å². The molecule has 3 heteroatoms. The van der Waals surface area contributed by atoms with E-state index in [0.717, 1.165) is 36.6 Å². The number of fused-ring (bicyclic) bond motifs is 3. The third kappa shape index (κ3) is 5.04. The number of unbranched alkanes of at least 4 members (excludes halogenated alkanes) is 1. The fourth-order valence-electron chi connectivity index (χ4n) is 5.84. The van der Waals surface area contributed by atoms with Crippen LogP contribution in [0.15, 0.2) is 78.9 Å². The summed E-state index contributed by atoms with van der Waals surface area (Å²) in [5, 5.41) is 6.90. The number of amides is 1. The Balaban J connectivity index is 1.10. The van der Waals surface area contributed by atoms with Gasteiger partial charge in [0.1, 0.15) is 0 Å². The molecule has 3 nitrogen and oxygen atoms in total. The van der Waals surface area contributed by atoms with Gasteiger partial charge in [-0.15, -0.1) is 0 Å². The molecule has 2 N–H and O–H groups in total. The molecule has 3 unspecified atom stereocenters. The first-order valence-electron chi connectivity index (χ1n) is 12.5. The van der Waals surface area contributed by atoms with Crippen molar-refractivity contribution in [2.45, 2.75) is 50.5 Å². The van der Waals surface area contributed by atoms with E-state index in [9.17, 15) is 4.79 Å². The molecule has 1 heterocycles. The number of hydrogen-bond acceptors (Lipinski definition) is 2. The highest BCUT2D eigenvalue weighted by molar-refractivity contribution is 5.94. The lowest BCUT2D eigenvalue weighted by Crippen LogP contribution is -2.47. The normalized spacial score (nSPS) is 21.6. The second-order valence-corrected chi connectivity index (χ2v) is 9.57. The molecule has 0 spiro atoms. The molecular formula is C30H34N2O. The number of benzene rings is 3. The first-order chi connectivity index (χ1) is 16.3. The number of piperidine rings is 1. The van der Waals surface area contributed by atoms with Gasteiger partial charge in [0, 0.05) is 24.1 Å². The van der Waals surface area contributed by atoms with Crippen LogP contribution in [-0.2, 0) is 6.42 Å². The highest BCUT2D eigenvalue weighted by Crippen LogP contribution is 2.42. The SMILES string of the molecule is O=C(NCCCCC1CCNC2CCc3ccccc3C12)c1ccc(-c2ccccc2)cc1. The highest BCUT2D eigenvalue weighted by atomic mass is 16.1. The molecule has 5 rings (SSSR count). The van der Waals surface area contributed by atoms with Crippen LogP contribution < -0.4 is 10.6 Å². The van der Waals surface area contributed by atoms with Crippen molar-refractivity contribution in [2.24, 2.45) is 5.92 Å². The summed E-state index contributed by atoms with van der Waals surface area (Å²) in [7, 11) is 0. The van der Waals surface area contributed by atoms with Crippen molar-refractivity contribution in [3.63, 3.8) is 0 Å². The van der Waals surface area contributed by atoms with Gasteiger partial charge in [0.05, 0.1) is 0 Å². The van der Waals surface area contributed by atoms with Crippen LogP contribution in [0.3, 0.4) is 0 Å². The van der Waals surface area contributed by atoms with E-state index in [2.05, 4.69) is 47.0 Å². The lowest BCUT2D eigenvalue weighted by molar-refractivity contribution is 0.0952. The van der Waals surface area contributed by atoms with E-state index in [4.69, 9.17) is 0 Å². The van der Waals surface area contributed by atoms with Crippen LogP contribution in [0.1, 0.15) is 59.5 Å². The zero-order valence-corrected chi connectivity index (χ0v) is 19.3. The summed E-state index contributed by atoms with van der Waals surface area (Å²) in [5.74, 6) is 1.43. The van der Waals surface area contributed by atoms with E-state index in [1.807, 2.05) is 42.5 Å². The van der Waals surface area contributed by atoms with E-state index in [1.54, 1.807) is 11.1 Å². The molecule has 3 aromatic rings. The van der Waals surface area contributed by atoms with Crippen molar-refractivity contribution in [2.75, 3.05) is 13.1 Å². The second-order valence-electron chi connectivity index (χ2n) is 9.57. The third-order valence-electron chi connectivity index (χ3n) is 7.54. The molecule has 1 aliphatic heterocycles. The molecular weight excluding hydrogens is 404 g/mol. The Bertz CT molecular complexity index is 1060. The predicted molar refractivity (Wildman–Crippen MR) is 135 cm³/mol. The summed E-state index contributed by atoms with van der Waals surface area (Å²) >= 11 is 0. The summed E-state index contributed by atoms with van der Waals surface area (Å²) in [6.07, 6.45) is 7.18. The van der Waals surface area contributed by atoms with E-state index in [0.29, 0.717) is 12.0 Å². The van der Waals surface area contributed by atoms with E-state index in [-0.39, 0.29) is 5.91 Å². The van der Waals surface area contributed by atoms with Crippen LogP contribution in [-0.4, -0.2) is 25.0 Å². The maximum Gasteiger partial charge on any atom is 0.251 e. The number of hydrogen-bond donors (Lipinski definition) is 2. The van der Waals surface area contributed by atoms with Gasteiger partial charge in [-0.25, -0.2) is 0 Å². The molecule has 0 bridgehead atoms. The average Bonchev–Trinajstić information content (AvgIpc) is 2.89. The van der Waals surface area contributed by atoms with Crippen LogP contribution in [0.2, 0.25) is 0 Å². The minimum absolute atomic E-state index is 0.0257. The summed E-state index contributed by atoms with van der Waals surface area (Å²) in [6, 6.07) is 27.9. The molecule has 3 aromatic carbocycles. The minimum atomic E-state index is 0.0257. The van der Waals surface area contributed by atoms with Crippen molar-refractivity contribution in [3.8, 4) is 11.1 Å². The van der Waals surface area contributed by atoms with E-state index < -0.39 is 0 Å². The van der Waals surface area contributed by atoms with E-state index >= 15 is 0 Å². The van der Waals surface area contributed by atoms with Crippen molar-refractivity contribution in [3.05, 3.63) is 95.6 Å². The van der Waals surface area contributed by atoms with Crippen LogP contribution in [0.25, 0.3) is 11.1 Å². The van der Waals surface area contributed by atoms with Gasteiger partial charge >= 0.3 is 0 Å². The smallest absolute Gasteiger partial charge is 0.251 e. The zero-order valence-electron chi connectivity index (χ0n) is 19.3.